The Kier molecular flexibility index (Phi) is 4.91. The van der Waals surface area contributed by atoms with Gasteiger partial charge in [0.15, 0.2) is 5.52 Å². The molecule has 3 heterocycles. The minimum Gasteiger partial charge on any atom is -0.316 e. The van der Waals surface area contributed by atoms with Crippen LogP contribution in [0.1, 0.15) is 27.4 Å². The second kappa shape index (κ2) is 7.40. The molecule has 0 radical (unpaired) electrons. The molecule has 9 heteroatoms. The number of benzene rings is 1. The summed E-state index contributed by atoms with van der Waals surface area (Å²) in [4.78, 5) is 16.3. The summed E-state index contributed by atoms with van der Waals surface area (Å²) in [5, 5.41) is 3.93. The van der Waals surface area contributed by atoms with Gasteiger partial charge in [0.2, 0.25) is 4.83 Å². The quantitative estimate of drug-likeness (QED) is 0.516. The minimum absolute atomic E-state index is 0.405. The number of alkyl halides is 3. The molecule has 0 unspecified atom stereocenters. The minimum atomic E-state index is -4.47. The van der Waals surface area contributed by atoms with Crippen LogP contribution in [0, 0.1) is 13.8 Å². The Morgan fingerprint density at radius 2 is 1.83 bits per heavy atom. The van der Waals surface area contributed by atoms with Crippen LogP contribution >= 0.6 is 11.3 Å². The molecule has 29 heavy (non-hydrogen) atoms. The lowest BCUT2D eigenvalue weighted by molar-refractivity contribution is -0.346. The van der Waals surface area contributed by atoms with Crippen molar-refractivity contribution in [3.05, 3.63) is 70.2 Å². The summed E-state index contributed by atoms with van der Waals surface area (Å²) < 4.78 is 38.1. The predicted molar refractivity (Wildman–Crippen MR) is 105 cm³/mol. The van der Waals surface area contributed by atoms with Crippen molar-refractivity contribution >= 4 is 33.2 Å². The first kappa shape index (κ1) is 19.3. The van der Waals surface area contributed by atoms with Crippen molar-refractivity contribution in [2.45, 2.75) is 26.4 Å². The Bertz CT molecular complexity index is 1150. The molecule has 3 aromatic heterocycles. The zero-order chi connectivity index (χ0) is 20.6. The van der Waals surface area contributed by atoms with Crippen LogP contribution in [0.3, 0.4) is 0 Å². The third-order valence-corrected chi connectivity index (χ3v) is 5.56. The van der Waals surface area contributed by atoms with Crippen LogP contribution in [0.2, 0.25) is 0 Å². The van der Waals surface area contributed by atoms with E-state index in [1.165, 1.54) is 40.4 Å². The number of pyridine rings is 1. The lowest BCUT2D eigenvalue weighted by Crippen LogP contribution is -2.08. The van der Waals surface area contributed by atoms with Crippen LogP contribution in [-0.2, 0) is 12.6 Å². The first-order valence-electron chi connectivity index (χ1n) is 8.83. The molecule has 0 atom stereocenters. The fraction of sp³-hybridized carbons (Fsp3) is 0.200. The second-order valence-corrected chi connectivity index (χ2v) is 7.72. The van der Waals surface area contributed by atoms with Gasteiger partial charge >= 0.3 is 6.18 Å². The average Bonchev–Trinajstić information content (AvgIpc) is 3.08. The summed E-state index contributed by atoms with van der Waals surface area (Å²) in [5.41, 5.74) is 3.76. The number of halogens is 3. The zero-order valence-corrected chi connectivity index (χ0v) is 16.4. The van der Waals surface area contributed by atoms with Crippen molar-refractivity contribution in [3.63, 3.8) is 0 Å². The Morgan fingerprint density at radius 3 is 2.48 bits per heavy atom. The van der Waals surface area contributed by atoms with Gasteiger partial charge in [0.1, 0.15) is 10.7 Å². The van der Waals surface area contributed by atoms with Crippen molar-refractivity contribution in [3.8, 4) is 0 Å². The molecule has 5 nitrogen and oxygen atoms in total. The zero-order valence-electron chi connectivity index (χ0n) is 15.6. The molecule has 0 spiro atoms. The first-order valence-corrected chi connectivity index (χ1v) is 9.64. The van der Waals surface area contributed by atoms with E-state index in [-0.39, 0.29) is 0 Å². The number of fused-ring (bicyclic) bond motifs is 1. The standard InChI is InChI=1S/C20H16F3N5S/c1-11-4-3-5-12(2)14(11)8-16-28-17-18(25-10-26-19(17)29-16)27-13-6-7-15(24-9-13)20(21,22)23/h3-7,9-10H,8H2,1-2H3,(H,25,26,27)/p+1. The second-order valence-electron chi connectivity index (χ2n) is 6.64. The van der Waals surface area contributed by atoms with Gasteiger partial charge in [-0.2, -0.15) is 13.2 Å². The number of anilines is 2. The molecule has 148 valence electrons. The van der Waals surface area contributed by atoms with Crippen molar-refractivity contribution in [1.29, 1.82) is 0 Å². The summed E-state index contributed by atoms with van der Waals surface area (Å²) >= 11 is 1.53. The molecule has 0 saturated carbocycles. The predicted octanol–water partition coefficient (Wildman–Crippen LogP) is 4.87. The molecule has 0 aliphatic carbocycles. The summed E-state index contributed by atoms with van der Waals surface area (Å²) in [7, 11) is 0. The number of hydrogen-bond donors (Lipinski definition) is 1. The van der Waals surface area contributed by atoms with E-state index in [1.54, 1.807) is 0 Å². The van der Waals surface area contributed by atoms with Crippen molar-refractivity contribution in [2.24, 2.45) is 0 Å². The number of hydrogen-bond acceptors (Lipinski definition) is 5. The van der Waals surface area contributed by atoms with E-state index in [9.17, 15) is 13.2 Å². The van der Waals surface area contributed by atoms with E-state index in [0.29, 0.717) is 23.4 Å². The fourth-order valence-electron chi connectivity index (χ4n) is 3.06. The molecule has 4 rings (SSSR count). The van der Waals surface area contributed by atoms with E-state index < -0.39 is 11.9 Å². The molecule has 0 fully saturated rings. The van der Waals surface area contributed by atoms with Crippen LogP contribution in [0.15, 0.2) is 42.9 Å². The van der Waals surface area contributed by atoms with Gasteiger partial charge in [0.25, 0.3) is 12.1 Å². The van der Waals surface area contributed by atoms with Crippen LogP contribution in [0.25, 0.3) is 10.3 Å². The highest BCUT2D eigenvalue weighted by Gasteiger charge is 2.32. The Balaban J connectivity index is 1.63. The largest absolute Gasteiger partial charge is 0.433 e. The maximum absolute atomic E-state index is 12.7. The topological polar surface area (TPSA) is 64.8 Å². The normalized spacial score (nSPS) is 11.8. The van der Waals surface area contributed by atoms with Crippen molar-refractivity contribution < 1.29 is 18.2 Å². The number of H-pyrrole nitrogens is 1. The first-order chi connectivity index (χ1) is 13.8. The van der Waals surface area contributed by atoms with Gasteiger partial charge in [0, 0.05) is 6.42 Å². The van der Waals surface area contributed by atoms with Crippen LogP contribution in [0.4, 0.5) is 24.7 Å². The van der Waals surface area contributed by atoms with E-state index >= 15 is 0 Å². The molecule has 1 aromatic carbocycles. The van der Waals surface area contributed by atoms with Gasteiger partial charge in [0.05, 0.1) is 11.9 Å². The highest BCUT2D eigenvalue weighted by molar-refractivity contribution is 7.17. The summed E-state index contributed by atoms with van der Waals surface area (Å²) in [6.45, 7) is 4.15. The molecular formula is C20H17F3N5S+. The number of nitrogens with zero attached hydrogens (tertiary/aromatic N) is 3. The molecule has 0 bridgehead atoms. The maximum atomic E-state index is 12.7. The number of aromatic amines is 1. The Hall–Kier alpha value is -3.07. The molecule has 0 aliphatic rings. The number of nitrogens with one attached hydrogen (secondary N) is 2. The van der Waals surface area contributed by atoms with Crippen LogP contribution in [0.5, 0.6) is 0 Å². The number of aryl methyl sites for hydroxylation is 2. The molecule has 2 N–H and O–H groups in total. The van der Waals surface area contributed by atoms with E-state index in [0.717, 1.165) is 22.1 Å². The monoisotopic (exact) mass is 416 g/mol. The molecular weight excluding hydrogens is 399 g/mol. The Labute approximate surface area is 168 Å². The average molecular weight is 416 g/mol. The molecule has 0 aliphatic heterocycles. The summed E-state index contributed by atoms with van der Waals surface area (Å²) in [6, 6.07) is 8.44. The lowest BCUT2D eigenvalue weighted by Gasteiger charge is -2.07. The van der Waals surface area contributed by atoms with Gasteiger partial charge in [-0.05, 0) is 47.7 Å². The van der Waals surface area contributed by atoms with Gasteiger partial charge in [-0.25, -0.2) is 15.0 Å². The molecule has 0 amide bonds. The third-order valence-electron chi connectivity index (χ3n) is 4.57. The van der Waals surface area contributed by atoms with Gasteiger partial charge in [-0.3, -0.25) is 0 Å². The highest BCUT2D eigenvalue weighted by atomic mass is 32.1. The third kappa shape index (κ3) is 4.04. The van der Waals surface area contributed by atoms with Crippen LogP contribution in [-0.4, -0.2) is 15.0 Å². The van der Waals surface area contributed by atoms with Gasteiger partial charge in [-0.15, -0.1) is 0 Å². The summed E-state index contributed by atoms with van der Waals surface area (Å²) in [5.74, 6) is 0.462. The number of aromatic nitrogens is 4. The van der Waals surface area contributed by atoms with Gasteiger partial charge in [-0.1, -0.05) is 29.5 Å². The van der Waals surface area contributed by atoms with E-state index in [2.05, 4.69) is 46.2 Å². The lowest BCUT2D eigenvalue weighted by atomic mass is 10.0. The van der Waals surface area contributed by atoms with Crippen LogP contribution < -0.4 is 10.3 Å². The number of thiazole rings is 1. The number of rotatable bonds is 4. The smallest absolute Gasteiger partial charge is 0.316 e. The SMILES string of the molecule is Cc1cccc(C)c1Cc1nc2c(Nc3ccc(C(F)(F)F)nc3)nc[nH+]c2s1. The highest BCUT2D eigenvalue weighted by Crippen LogP contribution is 2.30. The fourth-order valence-corrected chi connectivity index (χ4v) is 4.00. The van der Waals surface area contributed by atoms with E-state index in [4.69, 9.17) is 4.98 Å². The maximum Gasteiger partial charge on any atom is 0.433 e. The van der Waals surface area contributed by atoms with Crippen molar-refractivity contribution in [2.75, 3.05) is 5.32 Å². The summed E-state index contributed by atoms with van der Waals surface area (Å²) in [6.07, 6.45) is -1.10. The molecule has 4 aromatic rings. The Morgan fingerprint density at radius 1 is 1.07 bits per heavy atom. The van der Waals surface area contributed by atoms with E-state index in [1.807, 2.05) is 6.07 Å². The van der Waals surface area contributed by atoms with Gasteiger partial charge < -0.3 is 5.32 Å². The molecule has 0 saturated heterocycles. The van der Waals surface area contributed by atoms with Crippen molar-refractivity contribution in [1.82, 2.24) is 15.0 Å².